The Hall–Kier alpha value is -2.43. The molecule has 3 rings (SSSR count). The van der Waals surface area contributed by atoms with Gasteiger partial charge in [-0.3, -0.25) is 0 Å². The van der Waals surface area contributed by atoms with E-state index < -0.39 is 0 Å². The van der Waals surface area contributed by atoms with Gasteiger partial charge in [0.05, 0.1) is 12.3 Å². The molecular weight excluding hydrogens is 316 g/mol. The van der Waals surface area contributed by atoms with E-state index in [4.69, 9.17) is 10.00 Å². The number of ether oxygens (including phenoxy) is 1. The van der Waals surface area contributed by atoms with Gasteiger partial charge in [-0.15, -0.1) is 0 Å². The summed E-state index contributed by atoms with van der Waals surface area (Å²) in [6.45, 7) is 4.05. The van der Waals surface area contributed by atoms with Gasteiger partial charge in [-0.2, -0.15) is 5.26 Å². The Morgan fingerprint density at radius 1 is 1.44 bits per heavy atom. The standard InChI is InChI=1S/C18H24N6O/c1-23(10-14-7-16(9-19)24(2)11-14)5-4-20-18-8-17(21-13-22-18)15-3-6-25-12-15/h7-8,11,13,15H,3-6,10,12H2,1-2H3,(H,20,21,22)/t15-/m0/s1. The molecule has 25 heavy (non-hydrogen) atoms. The van der Waals surface area contributed by atoms with Crippen molar-refractivity contribution in [3.63, 3.8) is 0 Å². The topological polar surface area (TPSA) is 79.0 Å². The molecule has 0 bridgehead atoms. The third-order valence-corrected chi connectivity index (χ3v) is 4.46. The molecule has 3 heterocycles. The number of hydrogen-bond donors (Lipinski definition) is 1. The first-order valence-electron chi connectivity index (χ1n) is 8.53. The number of nitrogens with zero attached hydrogens (tertiary/aromatic N) is 5. The number of anilines is 1. The number of hydrogen-bond acceptors (Lipinski definition) is 6. The number of nitrogens with one attached hydrogen (secondary N) is 1. The third kappa shape index (κ3) is 4.56. The summed E-state index contributed by atoms with van der Waals surface area (Å²) in [7, 11) is 3.97. The lowest BCUT2D eigenvalue weighted by Crippen LogP contribution is -2.25. The molecule has 2 aromatic rings. The average molecular weight is 340 g/mol. The maximum absolute atomic E-state index is 9.02. The molecule has 1 N–H and O–H groups in total. The zero-order valence-corrected chi connectivity index (χ0v) is 14.8. The smallest absolute Gasteiger partial charge is 0.129 e. The summed E-state index contributed by atoms with van der Waals surface area (Å²) < 4.78 is 7.29. The van der Waals surface area contributed by atoms with Crippen molar-refractivity contribution in [3.05, 3.63) is 41.6 Å². The molecule has 0 saturated carbocycles. The molecule has 7 nitrogen and oxygen atoms in total. The molecule has 1 aliphatic rings. The van der Waals surface area contributed by atoms with Crippen molar-refractivity contribution in [2.45, 2.75) is 18.9 Å². The Kier molecular flexibility index (Phi) is 5.64. The molecule has 1 aliphatic heterocycles. The molecule has 0 unspecified atom stereocenters. The van der Waals surface area contributed by atoms with Crippen molar-refractivity contribution in [1.82, 2.24) is 19.4 Å². The van der Waals surface area contributed by atoms with Crippen LogP contribution in [0.15, 0.2) is 24.7 Å². The highest BCUT2D eigenvalue weighted by atomic mass is 16.5. The third-order valence-electron chi connectivity index (χ3n) is 4.46. The number of rotatable bonds is 7. The van der Waals surface area contributed by atoms with Crippen LogP contribution in [0.2, 0.25) is 0 Å². The van der Waals surface area contributed by atoms with E-state index in [9.17, 15) is 0 Å². The van der Waals surface area contributed by atoms with Crippen LogP contribution in [0.3, 0.4) is 0 Å². The molecule has 7 heteroatoms. The summed E-state index contributed by atoms with van der Waals surface area (Å²) in [5.41, 5.74) is 2.88. The lowest BCUT2D eigenvalue weighted by molar-refractivity contribution is 0.193. The number of aromatic nitrogens is 3. The van der Waals surface area contributed by atoms with Crippen molar-refractivity contribution >= 4 is 5.82 Å². The molecule has 0 aromatic carbocycles. The van der Waals surface area contributed by atoms with Crippen LogP contribution in [0.1, 0.15) is 29.3 Å². The predicted molar refractivity (Wildman–Crippen MR) is 95.2 cm³/mol. The first-order valence-corrected chi connectivity index (χ1v) is 8.53. The van der Waals surface area contributed by atoms with E-state index in [1.807, 2.05) is 29.9 Å². The molecule has 1 atom stereocenters. The van der Waals surface area contributed by atoms with Gasteiger partial charge in [0, 0.05) is 51.5 Å². The van der Waals surface area contributed by atoms with E-state index in [-0.39, 0.29) is 0 Å². The van der Waals surface area contributed by atoms with Crippen LogP contribution in [0.5, 0.6) is 0 Å². The van der Waals surface area contributed by atoms with Gasteiger partial charge < -0.3 is 19.5 Å². The highest BCUT2D eigenvalue weighted by Crippen LogP contribution is 2.24. The molecule has 1 fully saturated rings. The Morgan fingerprint density at radius 2 is 2.32 bits per heavy atom. The van der Waals surface area contributed by atoms with Crippen molar-refractivity contribution < 1.29 is 4.74 Å². The van der Waals surface area contributed by atoms with Crippen LogP contribution >= 0.6 is 0 Å². The molecule has 0 aliphatic carbocycles. The average Bonchev–Trinajstić information content (AvgIpc) is 3.25. The second kappa shape index (κ2) is 8.10. The van der Waals surface area contributed by atoms with Gasteiger partial charge in [0.25, 0.3) is 0 Å². The largest absolute Gasteiger partial charge is 0.381 e. The van der Waals surface area contributed by atoms with Gasteiger partial charge in [-0.1, -0.05) is 0 Å². The number of aryl methyl sites for hydroxylation is 1. The van der Waals surface area contributed by atoms with Crippen molar-refractivity contribution in [1.29, 1.82) is 5.26 Å². The van der Waals surface area contributed by atoms with Crippen LogP contribution < -0.4 is 5.32 Å². The van der Waals surface area contributed by atoms with Gasteiger partial charge in [0.1, 0.15) is 23.9 Å². The maximum atomic E-state index is 9.02. The first-order chi connectivity index (χ1) is 12.2. The highest BCUT2D eigenvalue weighted by molar-refractivity contribution is 5.36. The van der Waals surface area contributed by atoms with Gasteiger partial charge in [0.2, 0.25) is 0 Å². The summed E-state index contributed by atoms with van der Waals surface area (Å²) in [6.07, 6.45) is 4.65. The van der Waals surface area contributed by atoms with Gasteiger partial charge in [-0.25, -0.2) is 9.97 Å². The highest BCUT2D eigenvalue weighted by Gasteiger charge is 2.19. The molecule has 1 saturated heterocycles. The summed E-state index contributed by atoms with van der Waals surface area (Å²) in [6, 6.07) is 6.15. The monoisotopic (exact) mass is 340 g/mol. The van der Waals surface area contributed by atoms with Gasteiger partial charge in [0.15, 0.2) is 0 Å². The predicted octanol–water partition coefficient (Wildman–Crippen LogP) is 1.73. The molecule has 0 radical (unpaired) electrons. The quantitative estimate of drug-likeness (QED) is 0.827. The second-order valence-corrected chi connectivity index (χ2v) is 6.51. The minimum Gasteiger partial charge on any atom is -0.381 e. The minimum absolute atomic E-state index is 0.388. The van der Waals surface area contributed by atoms with Crippen molar-refractivity contribution in [3.8, 4) is 6.07 Å². The second-order valence-electron chi connectivity index (χ2n) is 6.51. The summed E-state index contributed by atoms with van der Waals surface area (Å²) in [5, 5.41) is 12.4. The molecular formula is C18H24N6O. The van der Waals surface area contributed by atoms with E-state index >= 15 is 0 Å². The lowest BCUT2D eigenvalue weighted by Gasteiger charge is -2.16. The Labute approximate surface area is 148 Å². The van der Waals surface area contributed by atoms with E-state index in [0.717, 1.165) is 56.3 Å². The van der Waals surface area contributed by atoms with E-state index in [2.05, 4.69) is 33.3 Å². The summed E-state index contributed by atoms with van der Waals surface area (Å²) in [4.78, 5) is 10.9. The normalized spacial score (nSPS) is 17.0. The fourth-order valence-corrected chi connectivity index (χ4v) is 3.06. The fraction of sp³-hybridized carbons (Fsp3) is 0.500. The van der Waals surface area contributed by atoms with E-state index in [0.29, 0.717) is 11.6 Å². The SMILES string of the molecule is CN(CCNc1cc([C@H]2CCOC2)ncn1)Cc1cc(C#N)n(C)c1. The molecule has 132 valence electrons. The molecule has 0 amide bonds. The molecule has 0 spiro atoms. The Bertz CT molecular complexity index is 744. The van der Waals surface area contributed by atoms with E-state index in [1.165, 1.54) is 0 Å². The zero-order chi connectivity index (χ0) is 17.6. The van der Waals surface area contributed by atoms with Crippen molar-refractivity contribution in [2.75, 3.05) is 38.7 Å². The first kappa shape index (κ1) is 17.4. The summed E-state index contributed by atoms with van der Waals surface area (Å²) in [5.74, 6) is 1.25. The van der Waals surface area contributed by atoms with Crippen LogP contribution in [-0.2, 0) is 18.3 Å². The van der Waals surface area contributed by atoms with Crippen molar-refractivity contribution in [2.24, 2.45) is 7.05 Å². The van der Waals surface area contributed by atoms with Gasteiger partial charge in [-0.05, 0) is 25.1 Å². The Balaban J connectivity index is 1.47. The fourth-order valence-electron chi connectivity index (χ4n) is 3.06. The Morgan fingerprint density at radius 3 is 3.04 bits per heavy atom. The van der Waals surface area contributed by atoms with Crippen LogP contribution in [-0.4, -0.2) is 52.8 Å². The van der Waals surface area contributed by atoms with Crippen LogP contribution in [0.25, 0.3) is 0 Å². The lowest BCUT2D eigenvalue weighted by atomic mass is 10.1. The maximum Gasteiger partial charge on any atom is 0.129 e. The molecule has 2 aromatic heterocycles. The zero-order valence-electron chi connectivity index (χ0n) is 14.8. The number of likely N-dealkylation sites (N-methyl/N-ethyl adjacent to an activating group) is 1. The number of nitriles is 1. The van der Waals surface area contributed by atoms with E-state index in [1.54, 1.807) is 6.33 Å². The summed E-state index contributed by atoms with van der Waals surface area (Å²) >= 11 is 0. The van der Waals surface area contributed by atoms with Crippen LogP contribution in [0, 0.1) is 11.3 Å². The minimum atomic E-state index is 0.388. The van der Waals surface area contributed by atoms with Gasteiger partial charge >= 0.3 is 0 Å². The van der Waals surface area contributed by atoms with Crippen LogP contribution in [0.4, 0.5) is 5.82 Å².